The standard InChI is InChI=1S/C15H19NO/c17-15(16-4-5-1-2-5)14-12-10-7-3-6-8(10)9(6)11(7)13(12)14/h5-14H,1-4H2,(H,16,17)/t6?,7?,8-,9-,10+,11+,12-,13+,14?/m0/s1. The zero-order chi connectivity index (χ0) is 10.9. The molecule has 1 amide bonds. The lowest BCUT2D eigenvalue weighted by atomic mass is 9.91. The molecule has 0 aromatic carbocycles. The van der Waals surface area contributed by atoms with Gasteiger partial charge in [0.15, 0.2) is 0 Å². The lowest BCUT2D eigenvalue weighted by Gasteiger charge is -2.16. The van der Waals surface area contributed by atoms with Crippen LogP contribution in [0, 0.1) is 59.2 Å². The molecule has 7 rings (SSSR count). The Balaban J connectivity index is 1.22. The van der Waals surface area contributed by atoms with E-state index in [2.05, 4.69) is 5.32 Å². The highest BCUT2D eigenvalue weighted by Crippen LogP contribution is 2.89. The Labute approximate surface area is 102 Å². The van der Waals surface area contributed by atoms with Gasteiger partial charge in [-0.3, -0.25) is 4.79 Å². The van der Waals surface area contributed by atoms with Crippen LogP contribution >= 0.6 is 0 Å². The molecule has 1 N–H and O–H groups in total. The molecule has 7 aliphatic rings. The minimum Gasteiger partial charge on any atom is -0.356 e. The minimum absolute atomic E-state index is 0.431. The van der Waals surface area contributed by atoms with Gasteiger partial charge in [-0.2, -0.15) is 0 Å². The first-order valence-corrected chi connectivity index (χ1v) is 7.64. The largest absolute Gasteiger partial charge is 0.356 e. The highest BCUT2D eigenvalue weighted by molar-refractivity contribution is 5.83. The SMILES string of the molecule is O=C(NCC1CC1)C1[C@@H]2[C@@H]3C4CC5[C@H]3[C@H]5[C@@H]4[C@H]12. The fraction of sp³-hybridized carbons (Fsp3) is 0.933. The molecule has 2 nitrogen and oxygen atoms in total. The smallest absolute Gasteiger partial charge is 0.223 e. The molecule has 2 heteroatoms. The van der Waals surface area contributed by atoms with Crippen molar-refractivity contribution < 1.29 is 4.79 Å². The van der Waals surface area contributed by atoms with Crippen LogP contribution in [0.2, 0.25) is 0 Å². The van der Waals surface area contributed by atoms with Gasteiger partial charge in [0.1, 0.15) is 0 Å². The number of hydrogen-bond acceptors (Lipinski definition) is 1. The second-order valence-electron chi connectivity index (χ2n) is 7.74. The highest BCUT2D eigenvalue weighted by Gasteiger charge is 2.87. The van der Waals surface area contributed by atoms with Crippen molar-refractivity contribution in [1.29, 1.82) is 0 Å². The summed E-state index contributed by atoms with van der Waals surface area (Å²) in [6.07, 6.45) is 4.24. The third-order valence-corrected chi connectivity index (χ3v) is 7.30. The molecule has 0 aromatic rings. The predicted molar refractivity (Wildman–Crippen MR) is 61.8 cm³/mol. The van der Waals surface area contributed by atoms with E-state index in [0.717, 1.165) is 59.8 Å². The summed E-state index contributed by atoms with van der Waals surface area (Å²) in [5, 5.41) is 3.22. The molecular formula is C15H19NO. The Morgan fingerprint density at radius 3 is 2.06 bits per heavy atom. The van der Waals surface area contributed by atoms with Crippen molar-refractivity contribution in [3.63, 3.8) is 0 Å². The molecule has 3 unspecified atom stereocenters. The number of rotatable bonds is 3. The second-order valence-corrected chi connectivity index (χ2v) is 7.74. The number of fused-ring (bicyclic) bond motifs is 1. The van der Waals surface area contributed by atoms with Crippen LogP contribution in [-0.2, 0) is 4.79 Å². The topological polar surface area (TPSA) is 29.1 Å². The lowest BCUT2D eigenvalue weighted by molar-refractivity contribution is -0.123. The van der Waals surface area contributed by atoms with E-state index in [1.807, 2.05) is 0 Å². The average molecular weight is 229 g/mol. The summed E-state index contributed by atoms with van der Waals surface area (Å²) in [4.78, 5) is 12.2. The first kappa shape index (κ1) is 8.55. The fourth-order valence-corrected chi connectivity index (χ4v) is 6.75. The van der Waals surface area contributed by atoms with Crippen molar-refractivity contribution in [2.24, 2.45) is 59.2 Å². The monoisotopic (exact) mass is 229 g/mol. The maximum atomic E-state index is 12.2. The number of amides is 1. The van der Waals surface area contributed by atoms with E-state index >= 15 is 0 Å². The molecule has 7 saturated carbocycles. The van der Waals surface area contributed by atoms with Crippen LogP contribution in [-0.4, -0.2) is 12.5 Å². The van der Waals surface area contributed by atoms with Gasteiger partial charge in [0.05, 0.1) is 0 Å². The van der Waals surface area contributed by atoms with Crippen LogP contribution in [0.4, 0.5) is 0 Å². The third-order valence-electron chi connectivity index (χ3n) is 7.30. The van der Waals surface area contributed by atoms with E-state index < -0.39 is 0 Å². The van der Waals surface area contributed by atoms with Crippen LogP contribution in [0.15, 0.2) is 0 Å². The molecule has 90 valence electrons. The summed E-state index contributed by atoms with van der Waals surface area (Å²) in [7, 11) is 0. The maximum absolute atomic E-state index is 12.2. The molecule has 0 saturated heterocycles. The summed E-state index contributed by atoms with van der Waals surface area (Å²) in [6, 6.07) is 0. The van der Waals surface area contributed by atoms with Gasteiger partial charge in [-0.1, -0.05) is 0 Å². The second kappa shape index (κ2) is 2.31. The molecule has 0 radical (unpaired) electrons. The Morgan fingerprint density at radius 2 is 1.53 bits per heavy atom. The summed E-state index contributed by atoms with van der Waals surface area (Å²) >= 11 is 0. The molecule has 7 fully saturated rings. The molecule has 9 atom stereocenters. The minimum atomic E-state index is 0.431. The first-order chi connectivity index (χ1) is 8.36. The van der Waals surface area contributed by atoms with Gasteiger partial charge in [0.2, 0.25) is 5.91 Å². The van der Waals surface area contributed by atoms with Crippen LogP contribution < -0.4 is 5.32 Å². The normalized spacial score (nSPS) is 66.9. The molecule has 7 aliphatic carbocycles. The van der Waals surface area contributed by atoms with Crippen molar-refractivity contribution in [1.82, 2.24) is 5.32 Å². The van der Waals surface area contributed by atoms with Gasteiger partial charge in [-0.15, -0.1) is 0 Å². The van der Waals surface area contributed by atoms with Gasteiger partial charge >= 0.3 is 0 Å². The zero-order valence-corrected chi connectivity index (χ0v) is 10.0. The third kappa shape index (κ3) is 0.794. The van der Waals surface area contributed by atoms with Crippen molar-refractivity contribution in [3.05, 3.63) is 0 Å². The number of carbonyl (C=O) groups is 1. The van der Waals surface area contributed by atoms with Gasteiger partial charge in [-0.05, 0) is 72.5 Å². The lowest BCUT2D eigenvalue weighted by Crippen LogP contribution is -2.30. The molecule has 17 heavy (non-hydrogen) atoms. The van der Waals surface area contributed by atoms with Crippen LogP contribution in [0.25, 0.3) is 0 Å². The molecule has 0 spiro atoms. The van der Waals surface area contributed by atoms with E-state index in [4.69, 9.17) is 0 Å². The van der Waals surface area contributed by atoms with E-state index in [1.54, 1.807) is 6.42 Å². The van der Waals surface area contributed by atoms with Crippen LogP contribution in [0.5, 0.6) is 0 Å². The fourth-order valence-electron chi connectivity index (χ4n) is 6.75. The summed E-state index contributed by atoms with van der Waals surface area (Å²) < 4.78 is 0. The maximum Gasteiger partial charge on any atom is 0.223 e. The van der Waals surface area contributed by atoms with Crippen molar-refractivity contribution in [3.8, 4) is 0 Å². The summed E-state index contributed by atoms with van der Waals surface area (Å²) in [6.45, 7) is 0.975. The van der Waals surface area contributed by atoms with Crippen molar-refractivity contribution in [2.75, 3.05) is 6.54 Å². The van der Waals surface area contributed by atoms with Crippen LogP contribution in [0.3, 0.4) is 0 Å². The Hall–Kier alpha value is -0.530. The Morgan fingerprint density at radius 1 is 0.941 bits per heavy atom. The van der Waals surface area contributed by atoms with E-state index in [9.17, 15) is 4.79 Å². The van der Waals surface area contributed by atoms with Gasteiger partial charge in [0, 0.05) is 12.5 Å². The number of carbonyl (C=O) groups excluding carboxylic acids is 1. The quantitative estimate of drug-likeness (QED) is 0.781. The van der Waals surface area contributed by atoms with Gasteiger partial charge in [-0.25, -0.2) is 0 Å². The predicted octanol–water partition coefficient (Wildman–Crippen LogP) is 1.52. The average Bonchev–Trinajstić information content (AvgIpc) is 3.28. The van der Waals surface area contributed by atoms with Crippen LogP contribution in [0.1, 0.15) is 19.3 Å². The van der Waals surface area contributed by atoms with E-state index in [0.29, 0.717) is 11.8 Å². The van der Waals surface area contributed by atoms with Crippen molar-refractivity contribution >= 4 is 5.91 Å². The Bertz CT molecular complexity index is 418. The van der Waals surface area contributed by atoms with Crippen molar-refractivity contribution in [2.45, 2.75) is 19.3 Å². The number of nitrogens with one attached hydrogen (secondary N) is 1. The molecule has 0 aliphatic heterocycles. The molecule has 0 heterocycles. The highest BCUT2D eigenvalue weighted by atomic mass is 16.2. The summed E-state index contributed by atoms with van der Waals surface area (Å²) in [5.41, 5.74) is 0. The van der Waals surface area contributed by atoms with Gasteiger partial charge < -0.3 is 5.32 Å². The van der Waals surface area contributed by atoms with E-state index in [1.165, 1.54) is 12.8 Å². The Kier molecular flexibility index (Phi) is 1.16. The van der Waals surface area contributed by atoms with E-state index in [-0.39, 0.29) is 0 Å². The molecule has 0 aromatic heterocycles. The zero-order valence-electron chi connectivity index (χ0n) is 10.0. The molecular weight excluding hydrogens is 210 g/mol. The van der Waals surface area contributed by atoms with Gasteiger partial charge in [0.25, 0.3) is 0 Å². The number of hydrogen-bond donors (Lipinski definition) is 1. The molecule has 6 bridgehead atoms. The first-order valence-electron chi connectivity index (χ1n) is 7.64. The summed E-state index contributed by atoms with van der Waals surface area (Å²) in [5.74, 6) is 9.86.